The molecule has 4 rings (SSSR count). The smallest absolute Gasteiger partial charge is 0.330 e. The minimum atomic E-state index is -1.05. The number of nitrogens with one attached hydrogen (secondary N) is 1. The summed E-state index contributed by atoms with van der Waals surface area (Å²) in [5.74, 6) is -2.86. The number of benzene rings is 1. The minimum absolute atomic E-state index is 0.228. The third kappa shape index (κ3) is 3.48. The fraction of sp³-hybridized carbons (Fsp3) is 0.545. The van der Waals surface area contributed by atoms with Gasteiger partial charge in [-0.2, -0.15) is 0 Å². The summed E-state index contributed by atoms with van der Waals surface area (Å²) >= 11 is 0. The number of hydrogen-bond donors (Lipinski definition) is 1. The maximum absolute atomic E-state index is 13.0. The maximum atomic E-state index is 13.0. The molecule has 1 heterocycles. The molecule has 2 saturated carbocycles. The highest BCUT2D eigenvalue weighted by atomic mass is 19.1. The van der Waals surface area contributed by atoms with Gasteiger partial charge in [0, 0.05) is 5.69 Å². The van der Waals surface area contributed by atoms with Crippen molar-refractivity contribution < 1.29 is 28.3 Å². The normalized spacial score (nSPS) is 28.1. The number of fused-ring (bicyclic) bond motifs is 5. The first-order chi connectivity index (χ1) is 14.3. The van der Waals surface area contributed by atoms with Gasteiger partial charge < -0.3 is 10.1 Å². The summed E-state index contributed by atoms with van der Waals surface area (Å²) in [4.78, 5) is 52.0. The molecule has 1 N–H and O–H groups in total. The number of halogens is 1. The van der Waals surface area contributed by atoms with Gasteiger partial charge in [-0.3, -0.25) is 19.3 Å². The van der Waals surface area contributed by atoms with E-state index in [0.29, 0.717) is 5.69 Å². The largest absolute Gasteiger partial charge is 0.454 e. The van der Waals surface area contributed by atoms with Crippen LogP contribution in [0.2, 0.25) is 0 Å². The average molecular weight is 416 g/mol. The quantitative estimate of drug-likeness (QED) is 0.568. The molecule has 1 aromatic rings. The summed E-state index contributed by atoms with van der Waals surface area (Å²) in [6, 6.07) is 4.13. The van der Waals surface area contributed by atoms with Crippen LogP contribution in [-0.4, -0.2) is 41.2 Å². The van der Waals surface area contributed by atoms with Crippen LogP contribution in [0.25, 0.3) is 0 Å². The Morgan fingerprint density at radius 1 is 1.10 bits per heavy atom. The standard InChI is InChI=1S/C22H25FN2O5/c1-11(2)19(22(29)30-10-16(26)24-15-7-5-14(23)6-8-15)25-20(27)17-12-3-4-13(9-12)18(17)21(25)28/h5-8,11-13,17-19H,3-4,9-10H2,1-2H3,(H,24,26)/t12-,13-,17-,18+,19-/m1/s1. The van der Waals surface area contributed by atoms with Gasteiger partial charge in [-0.15, -0.1) is 0 Å². The summed E-state index contributed by atoms with van der Waals surface area (Å²) in [5, 5.41) is 2.50. The summed E-state index contributed by atoms with van der Waals surface area (Å²) in [6.07, 6.45) is 2.83. The van der Waals surface area contributed by atoms with Gasteiger partial charge in [-0.05, 0) is 61.3 Å². The number of imide groups is 1. The van der Waals surface area contributed by atoms with E-state index >= 15 is 0 Å². The molecule has 7 nitrogen and oxygen atoms in total. The van der Waals surface area contributed by atoms with Gasteiger partial charge >= 0.3 is 5.97 Å². The molecule has 3 amide bonds. The lowest BCUT2D eigenvalue weighted by Gasteiger charge is -2.28. The molecule has 1 aliphatic heterocycles. The molecule has 2 aliphatic carbocycles. The van der Waals surface area contributed by atoms with Crippen molar-refractivity contribution in [2.75, 3.05) is 11.9 Å². The van der Waals surface area contributed by atoms with Crippen molar-refractivity contribution in [2.45, 2.75) is 39.2 Å². The number of ether oxygens (including phenoxy) is 1. The summed E-state index contributed by atoms with van der Waals surface area (Å²) in [7, 11) is 0. The molecule has 0 radical (unpaired) electrons. The lowest BCUT2D eigenvalue weighted by atomic mass is 9.81. The van der Waals surface area contributed by atoms with Crippen LogP contribution in [0.5, 0.6) is 0 Å². The van der Waals surface area contributed by atoms with Crippen molar-refractivity contribution in [3.05, 3.63) is 30.1 Å². The second kappa shape index (κ2) is 7.81. The van der Waals surface area contributed by atoms with Crippen molar-refractivity contribution in [1.82, 2.24) is 4.90 Å². The van der Waals surface area contributed by atoms with Crippen molar-refractivity contribution in [1.29, 1.82) is 0 Å². The van der Waals surface area contributed by atoms with Crippen molar-refractivity contribution in [3.63, 3.8) is 0 Å². The number of carbonyl (C=O) groups is 4. The van der Waals surface area contributed by atoms with Crippen LogP contribution in [-0.2, 0) is 23.9 Å². The third-order valence-electron chi connectivity index (χ3n) is 6.59. The maximum Gasteiger partial charge on any atom is 0.330 e. The molecule has 5 atom stereocenters. The van der Waals surface area contributed by atoms with Crippen LogP contribution in [0.4, 0.5) is 10.1 Å². The zero-order valence-electron chi connectivity index (χ0n) is 17.0. The Kier molecular flexibility index (Phi) is 5.34. The van der Waals surface area contributed by atoms with Gasteiger partial charge in [-0.25, -0.2) is 9.18 Å². The number of rotatable bonds is 6. The Morgan fingerprint density at radius 2 is 1.67 bits per heavy atom. The summed E-state index contributed by atoms with van der Waals surface area (Å²) < 4.78 is 18.1. The van der Waals surface area contributed by atoms with Crippen molar-refractivity contribution in [3.8, 4) is 0 Å². The number of esters is 1. The molecule has 3 aliphatic rings. The number of anilines is 1. The number of carbonyl (C=O) groups excluding carboxylic acids is 4. The number of hydrogen-bond acceptors (Lipinski definition) is 5. The zero-order valence-corrected chi connectivity index (χ0v) is 17.0. The van der Waals surface area contributed by atoms with E-state index in [4.69, 9.17) is 4.74 Å². The van der Waals surface area contributed by atoms with E-state index in [1.54, 1.807) is 13.8 Å². The predicted molar refractivity (Wildman–Crippen MR) is 104 cm³/mol. The topological polar surface area (TPSA) is 92.8 Å². The molecule has 160 valence electrons. The zero-order chi connectivity index (χ0) is 21.6. The summed E-state index contributed by atoms with van der Waals surface area (Å²) in [5.41, 5.74) is 0.367. The van der Waals surface area contributed by atoms with E-state index in [2.05, 4.69) is 5.32 Å². The molecule has 1 aromatic carbocycles. The van der Waals surface area contributed by atoms with Gasteiger partial charge in [0.15, 0.2) is 6.61 Å². The van der Waals surface area contributed by atoms with E-state index < -0.39 is 30.3 Å². The van der Waals surface area contributed by atoms with Crippen LogP contribution in [0.3, 0.4) is 0 Å². The van der Waals surface area contributed by atoms with E-state index in [-0.39, 0.29) is 41.4 Å². The van der Waals surface area contributed by atoms with Crippen LogP contribution >= 0.6 is 0 Å². The van der Waals surface area contributed by atoms with E-state index in [1.165, 1.54) is 24.3 Å². The first kappa shape index (κ1) is 20.5. The first-order valence-corrected chi connectivity index (χ1v) is 10.4. The summed E-state index contributed by atoms with van der Waals surface area (Å²) in [6.45, 7) is 2.93. The molecule has 0 spiro atoms. The Hall–Kier alpha value is -2.77. The van der Waals surface area contributed by atoms with E-state index in [1.807, 2.05) is 0 Å². The third-order valence-corrected chi connectivity index (χ3v) is 6.59. The molecule has 0 aromatic heterocycles. The molecule has 30 heavy (non-hydrogen) atoms. The lowest BCUT2D eigenvalue weighted by Crippen LogP contribution is -2.50. The van der Waals surface area contributed by atoms with Crippen molar-refractivity contribution >= 4 is 29.4 Å². The van der Waals surface area contributed by atoms with Crippen LogP contribution in [0.1, 0.15) is 33.1 Å². The van der Waals surface area contributed by atoms with Crippen LogP contribution in [0, 0.1) is 35.4 Å². The lowest BCUT2D eigenvalue weighted by molar-refractivity contribution is -0.162. The van der Waals surface area contributed by atoms with Crippen molar-refractivity contribution in [2.24, 2.45) is 29.6 Å². The fourth-order valence-electron chi connectivity index (χ4n) is 5.33. The van der Waals surface area contributed by atoms with E-state index in [0.717, 1.165) is 24.2 Å². The SMILES string of the molecule is CC(C)[C@H](C(=O)OCC(=O)Nc1ccc(F)cc1)N1C(=O)[C@@H]2[C@@H]3CC[C@H](C3)[C@@H]2C1=O. The van der Waals surface area contributed by atoms with Gasteiger partial charge in [0.2, 0.25) is 11.8 Å². The Balaban J connectivity index is 1.41. The molecule has 0 unspecified atom stereocenters. The number of nitrogens with zero attached hydrogens (tertiary/aromatic N) is 1. The Labute approximate surface area is 173 Å². The van der Waals surface area contributed by atoms with Gasteiger partial charge in [-0.1, -0.05) is 13.8 Å². The Morgan fingerprint density at radius 3 is 2.20 bits per heavy atom. The van der Waals surface area contributed by atoms with Crippen LogP contribution < -0.4 is 5.32 Å². The second-order valence-corrected chi connectivity index (χ2v) is 8.78. The highest BCUT2D eigenvalue weighted by molar-refractivity contribution is 6.08. The monoisotopic (exact) mass is 416 g/mol. The highest BCUT2D eigenvalue weighted by Gasteiger charge is 2.62. The van der Waals surface area contributed by atoms with Crippen LogP contribution in [0.15, 0.2) is 24.3 Å². The minimum Gasteiger partial charge on any atom is -0.454 e. The molecule has 3 fully saturated rings. The van der Waals surface area contributed by atoms with Gasteiger partial charge in [0.1, 0.15) is 11.9 Å². The molecular formula is C22H25FN2O5. The highest BCUT2D eigenvalue weighted by Crippen LogP contribution is 2.56. The second-order valence-electron chi connectivity index (χ2n) is 8.78. The van der Waals surface area contributed by atoms with Gasteiger partial charge in [0.25, 0.3) is 5.91 Å². The Bertz CT molecular complexity index is 856. The molecule has 2 bridgehead atoms. The molecular weight excluding hydrogens is 391 g/mol. The first-order valence-electron chi connectivity index (χ1n) is 10.4. The van der Waals surface area contributed by atoms with E-state index in [9.17, 15) is 23.6 Å². The average Bonchev–Trinajstić information content (AvgIpc) is 3.38. The van der Waals surface area contributed by atoms with Gasteiger partial charge in [0.05, 0.1) is 11.8 Å². The predicted octanol–water partition coefficient (Wildman–Crippen LogP) is 2.36. The molecule has 8 heteroatoms. The number of likely N-dealkylation sites (tertiary alicyclic amines) is 1. The molecule has 1 saturated heterocycles. The number of amides is 3. The fourth-order valence-corrected chi connectivity index (χ4v) is 5.33.